The van der Waals surface area contributed by atoms with Gasteiger partial charge in [0.05, 0.1) is 6.54 Å². The molecule has 6 nitrogen and oxygen atoms in total. The highest BCUT2D eigenvalue weighted by Crippen LogP contribution is 2.20. The summed E-state index contributed by atoms with van der Waals surface area (Å²) in [6.07, 6.45) is -0.547. The zero-order valence-electron chi connectivity index (χ0n) is 14.0. The van der Waals surface area contributed by atoms with Gasteiger partial charge in [-0.3, -0.25) is 0 Å². The molecule has 6 heteroatoms. The van der Waals surface area contributed by atoms with Crippen LogP contribution in [0.15, 0.2) is 48.5 Å². The van der Waals surface area contributed by atoms with Crippen molar-refractivity contribution in [1.29, 1.82) is 0 Å². The fraction of sp³-hybridized carbons (Fsp3) is 0.222. The lowest BCUT2D eigenvalue weighted by atomic mass is 10.2. The minimum atomic E-state index is -0.547. The number of hydrogen-bond donors (Lipinski definition) is 2. The van der Waals surface area contributed by atoms with E-state index in [0.29, 0.717) is 12.3 Å². The average Bonchev–Trinajstić information content (AvgIpc) is 2.58. The van der Waals surface area contributed by atoms with Crippen molar-refractivity contribution in [2.75, 3.05) is 19.4 Å². The Morgan fingerprint density at radius 2 is 1.75 bits per heavy atom. The van der Waals surface area contributed by atoms with Crippen LogP contribution >= 0.6 is 0 Å². The van der Waals surface area contributed by atoms with Gasteiger partial charge in [0.25, 0.3) is 0 Å². The van der Waals surface area contributed by atoms with Gasteiger partial charge in [0, 0.05) is 25.3 Å². The minimum Gasteiger partial charge on any atom is -0.410 e. The second-order valence-corrected chi connectivity index (χ2v) is 5.40. The third-order valence-corrected chi connectivity index (χ3v) is 3.44. The van der Waals surface area contributed by atoms with Gasteiger partial charge in [-0.15, -0.1) is 0 Å². The third kappa shape index (κ3) is 4.74. The SMILES string of the molecule is CNC(=O)Oc1ccccc1CN(C)C(=O)Nc1ccc(C)cc1. The first-order valence-electron chi connectivity index (χ1n) is 7.56. The van der Waals surface area contributed by atoms with Crippen LogP contribution in [0.3, 0.4) is 0 Å². The van der Waals surface area contributed by atoms with Gasteiger partial charge in [0.1, 0.15) is 5.75 Å². The predicted molar refractivity (Wildman–Crippen MR) is 93.2 cm³/mol. The van der Waals surface area contributed by atoms with Gasteiger partial charge < -0.3 is 20.3 Å². The maximum Gasteiger partial charge on any atom is 0.412 e. The molecule has 0 unspecified atom stereocenters. The van der Waals surface area contributed by atoms with E-state index in [4.69, 9.17) is 4.74 Å². The molecule has 126 valence electrons. The van der Waals surface area contributed by atoms with Gasteiger partial charge >= 0.3 is 12.1 Å². The van der Waals surface area contributed by atoms with Crippen LogP contribution < -0.4 is 15.4 Å². The van der Waals surface area contributed by atoms with Gasteiger partial charge in [-0.05, 0) is 25.1 Å². The smallest absolute Gasteiger partial charge is 0.410 e. The van der Waals surface area contributed by atoms with E-state index in [1.54, 1.807) is 19.2 Å². The molecule has 0 fully saturated rings. The number of urea groups is 1. The second kappa shape index (κ2) is 8.01. The molecule has 2 N–H and O–H groups in total. The monoisotopic (exact) mass is 327 g/mol. The molecule has 0 atom stereocenters. The molecule has 0 aromatic heterocycles. The number of nitrogens with one attached hydrogen (secondary N) is 2. The zero-order valence-corrected chi connectivity index (χ0v) is 14.0. The Labute approximate surface area is 141 Å². The standard InChI is InChI=1S/C18H21N3O3/c1-13-8-10-15(11-9-13)20-17(22)21(3)12-14-6-4-5-7-16(14)24-18(23)19-2/h4-11H,12H2,1-3H3,(H,19,23)(H,20,22). The number of carbonyl (C=O) groups excluding carboxylic acids is 2. The molecule has 3 amide bonds. The van der Waals surface area contributed by atoms with E-state index >= 15 is 0 Å². The molecule has 0 spiro atoms. The topological polar surface area (TPSA) is 70.7 Å². The number of aryl methyl sites for hydroxylation is 1. The molecule has 2 rings (SSSR count). The van der Waals surface area contributed by atoms with E-state index in [2.05, 4.69) is 10.6 Å². The van der Waals surface area contributed by atoms with E-state index in [9.17, 15) is 9.59 Å². The highest BCUT2D eigenvalue weighted by molar-refractivity contribution is 5.89. The Bertz CT molecular complexity index is 714. The molecule has 2 aromatic rings. The molecule has 0 aliphatic carbocycles. The summed E-state index contributed by atoms with van der Waals surface area (Å²) in [5, 5.41) is 5.23. The highest BCUT2D eigenvalue weighted by Gasteiger charge is 2.13. The van der Waals surface area contributed by atoms with Crippen molar-refractivity contribution in [2.24, 2.45) is 0 Å². The number of rotatable bonds is 4. The molecular formula is C18H21N3O3. The van der Waals surface area contributed by atoms with Crippen LogP contribution in [0.4, 0.5) is 15.3 Å². The number of amides is 3. The van der Waals surface area contributed by atoms with Crippen molar-refractivity contribution in [3.05, 3.63) is 59.7 Å². The number of benzene rings is 2. The summed E-state index contributed by atoms with van der Waals surface area (Å²) in [6, 6.07) is 14.4. The van der Waals surface area contributed by atoms with Crippen LogP contribution in [0, 0.1) is 6.92 Å². The lowest BCUT2D eigenvalue weighted by Gasteiger charge is -2.19. The Morgan fingerprint density at radius 3 is 2.42 bits per heavy atom. The van der Waals surface area contributed by atoms with Crippen LogP contribution in [0.5, 0.6) is 5.75 Å². The van der Waals surface area contributed by atoms with Gasteiger partial charge in [0.15, 0.2) is 0 Å². The Kier molecular flexibility index (Phi) is 5.78. The fourth-order valence-corrected chi connectivity index (χ4v) is 2.07. The second-order valence-electron chi connectivity index (χ2n) is 5.40. The maximum absolute atomic E-state index is 12.3. The Balaban J connectivity index is 2.03. The number of nitrogens with zero attached hydrogens (tertiary/aromatic N) is 1. The zero-order chi connectivity index (χ0) is 17.5. The van der Waals surface area contributed by atoms with E-state index < -0.39 is 6.09 Å². The first kappa shape index (κ1) is 17.3. The van der Waals surface area contributed by atoms with Crippen molar-refractivity contribution in [3.63, 3.8) is 0 Å². The van der Waals surface area contributed by atoms with E-state index in [1.165, 1.54) is 11.9 Å². The first-order valence-corrected chi connectivity index (χ1v) is 7.56. The van der Waals surface area contributed by atoms with Crippen LogP contribution in [-0.4, -0.2) is 31.1 Å². The number of carbonyl (C=O) groups is 2. The third-order valence-electron chi connectivity index (χ3n) is 3.44. The largest absolute Gasteiger partial charge is 0.412 e. The summed E-state index contributed by atoms with van der Waals surface area (Å²) in [5.74, 6) is 0.423. The molecular weight excluding hydrogens is 306 g/mol. The van der Waals surface area contributed by atoms with Gasteiger partial charge in [-0.1, -0.05) is 35.9 Å². The number of para-hydroxylation sites is 1. The number of anilines is 1. The molecule has 0 saturated carbocycles. The van der Waals surface area contributed by atoms with Crippen LogP contribution in [0.25, 0.3) is 0 Å². The van der Waals surface area contributed by atoms with Crippen molar-refractivity contribution >= 4 is 17.8 Å². The molecule has 0 heterocycles. The molecule has 0 aliphatic heterocycles. The lowest BCUT2D eigenvalue weighted by Crippen LogP contribution is -2.31. The number of ether oxygens (including phenoxy) is 1. The van der Waals surface area contributed by atoms with Gasteiger partial charge in [-0.25, -0.2) is 9.59 Å². The van der Waals surface area contributed by atoms with Crippen molar-refractivity contribution < 1.29 is 14.3 Å². The molecule has 0 radical (unpaired) electrons. The quantitative estimate of drug-likeness (QED) is 0.904. The van der Waals surface area contributed by atoms with Crippen molar-refractivity contribution in [1.82, 2.24) is 10.2 Å². The van der Waals surface area contributed by atoms with Crippen LogP contribution in [0.2, 0.25) is 0 Å². The summed E-state index contributed by atoms with van der Waals surface area (Å²) in [7, 11) is 3.17. The molecule has 2 aromatic carbocycles. The Hall–Kier alpha value is -3.02. The van der Waals surface area contributed by atoms with E-state index in [0.717, 1.165) is 16.8 Å². The van der Waals surface area contributed by atoms with E-state index in [1.807, 2.05) is 43.3 Å². The molecule has 24 heavy (non-hydrogen) atoms. The van der Waals surface area contributed by atoms with Crippen molar-refractivity contribution in [2.45, 2.75) is 13.5 Å². The summed E-state index contributed by atoms with van der Waals surface area (Å²) < 4.78 is 5.20. The summed E-state index contributed by atoms with van der Waals surface area (Å²) >= 11 is 0. The van der Waals surface area contributed by atoms with Gasteiger partial charge in [0.2, 0.25) is 0 Å². The molecule has 0 bridgehead atoms. The molecule has 0 saturated heterocycles. The number of hydrogen-bond acceptors (Lipinski definition) is 3. The fourth-order valence-electron chi connectivity index (χ4n) is 2.07. The summed E-state index contributed by atoms with van der Waals surface area (Å²) in [5.41, 5.74) is 2.59. The summed E-state index contributed by atoms with van der Waals surface area (Å²) in [4.78, 5) is 25.2. The first-order chi connectivity index (χ1) is 11.5. The van der Waals surface area contributed by atoms with Crippen molar-refractivity contribution in [3.8, 4) is 5.75 Å². The normalized spacial score (nSPS) is 9.96. The van der Waals surface area contributed by atoms with Gasteiger partial charge in [-0.2, -0.15) is 0 Å². The summed E-state index contributed by atoms with van der Waals surface area (Å²) in [6.45, 7) is 2.30. The van der Waals surface area contributed by atoms with Crippen LogP contribution in [0.1, 0.15) is 11.1 Å². The predicted octanol–water partition coefficient (Wildman–Crippen LogP) is 3.38. The van der Waals surface area contributed by atoms with Crippen LogP contribution in [-0.2, 0) is 6.54 Å². The average molecular weight is 327 g/mol. The molecule has 0 aliphatic rings. The highest BCUT2D eigenvalue weighted by atomic mass is 16.6. The lowest BCUT2D eigenvalue weighted by molar-refractivity contribution is 0.201. The maximum atomic E-state index is 12.3. The Morgan fingerprint density at radius 1 is 1.08 bits per heavy atom. The van der Waals surface area contributed by atoms with E-state index in [-0.39, 0.29) is 6.03 Å². The minimum absolute atomic E-state index is 0.242.